The van der Waals surface area contributed by atoms with E-state index < -0.39 is 5.25 Å². The number of rotatable bonds is 5. The number of aryl methyl sites for hydroxylation is 1. The van der Waals surface area contributed by atoms with E-state index in [4.69, 9.17) is 8.83 Å². The van der Waals surface area contributed by atoms with Gasteiger partial charge in [0.15, 0.2) is 0 Å². The molecule has 1 aromatic carbocycles. The molecule has 6 nitrogen and oxygen atoms in total. The Morgan fingerprint density at radius 3 is 2.54 bits per heavy atom. The quantitative estimate of drug-likeness (QED) is 0.660. The maximum absolute atomic E-state index is 12.5. The van der Waals surface area contributed by atoms with Crippen LogP contribution in [0, 0.1) is 6.92 Å². The van der Waals surface area contributed by atoms with Gasteiger partial charge in [-0.1, -0.05) is 30.3 Å². The normalized spacial score (nSPS) is 12.1. The van der Waals surface area contributed by atoms with E-state index in [9.17, 15) is 4.79 Å². The summed E-state index contributed by atoms with van der Waals surface area (Å²) in [4.78, 5) is 14.1. The molecule has 0 fully saturated rings. The Kier molecular flexibility index (Phi) is 4.71. The highest BCUT2D eigenvalue weighted by molar-refractivity contribution is 8.00. The van der Waals surface area contributed by atoms with E-state index in [0.717, 1.165) is 11.1 Å². The lowest BCUT2D eigenvalue weighted by atomic mass is 10.1. The molecular weight excluding hydrogens is 326 g/mol. The maximum Gasteiger partial charge on any atom is 0.277 e. The molecule has 0 N–H and O–H groups in total. The van der Waals surface area contributed by atoms with Gasteiger partial charge in [-0.15, -0.1) is 10.2 Å². The second-order valence-corrected chi connectivity index (χ2v) is 6.46. The van der Waals surface area contributed by atoms with E-state index >= 15 is 0 Å². The highest BCUT2D eigenvalue weighted by atomic mass is 32.2. The number of benzene rings is 1. The Labute approximate surface area is 143 Å². The number of carbonyl (C=O) groups excluding carboxylic acids is 1. The summed E-state index contributed by atoms with van der Waals surface area (Å²) in [5.41, 5.74) is 1.64. The van der Waals surface area contributed by atoms with Crippen molar-refractivity contribution >= 4 is 17.7 Å². The number of carbonyl (C=O) groups is 1. The van der Waals surface area contributed by atoms with Crippen LogP contribution in [0.4, 0.5) is 0 Å². The number of hydrogen-bond donors (Lipinski definition) is 0. The van der Waals surface area contributed by atoms with Gasteiger partial charge in [-0.05, 0) is 30.3 Å². The summed E-state index contributed by atoms with van der Waals surface area (Å²) < 4.78 is 11.0. The predicted molar refractivity (Wildman–Crippen MR) is 90.5 cm³/mol. The van der Waals surface area contributed by atoms with Gasteiger partial charge < -0.3 is 13.7 Å². The van der Waals surface area contributed by atoms with Crippen molar-refractivity contribution in [1.29, 1.82) is 0 Å². The van der Waals surface area contributed by atoms with Gasteiger partial charge in [0.1, 0.15) is 11.0 Å². The van der Waals surface area contributed by atoms with Gasteiger partial charge in [-0.2, -0.15) is 0 Å². The fourth-order valence-corrected chi connectivity index (χ4v) is 3.22. The van der Waals surface area contributed by atoms with E-state index in [-0.39, 0.29) is 5.91 Å². The number of hydrogen-bond acceptors (Lipinski definition) is 6. The summed E-state index contributed by atoms with van der Waals surface area (Å²) in [7, 11) is 3.46. The molecular formula is C17H17N3O3S. The topological polar surface area (TPSA) is 72.4 Å². The molecule has 1 unspecified atom stereocenters. The molecule has 3 aromatic rings. The first kappa shape index (κ1) is 16.3. The Hall–Kier alpha value is -2.54. The molecule has 0 bridgehead atoms. The summed E-state index contributed by atoms with van der Waals surface area (Å²) in [6, 6.07) is 11.3. The number of nitrogens with zero attached hydrogens (tertiary/aromatic N) is 3. The minimum absolute atomic E-state index is 0.0366. The van der Waals surface area contributed by atoms with Gasteiger partial charge in [-0.3, -0.25) is 4.79 Å². The van der Waals surface area contributed by atoms with Crippen molar-refractivity contribution in [2.75, 3.05) is 14.1 Å². The van der Waals surface area contributed by atoms with Crippen molar-refractivity contribution in [2.45, 2.75) is 17.4 Å². The molecule has 124 valence electrons. The first-order valence-corrected chi connectivity index (χ1v) is 8.25. The van der Waals surface area contributed by atoms with Gasteiger partial charge in [0.25, 0.3) is 11.1 Å². The van der Waals surface area contributed by atoms with Crippen LogP contribution in [0.2, 0.25) is 0 Å². The molecule has 7 heteroatoms. The standard InChI is InChI=1S/C17H17N3O3S/c1-11-13(9-10-22-11)15-18-19-17(23-15)24-14(16(21)20(2)3)12-7-5-4-6-8-12/h4-10,14H,1-3H3. The van der Waals surface area contributed by atoms with Gasteiger partial charge in [-0.25, -0.2) is 0 Å². The van der Waals surface area contributed by atoms with Crippen LogP contribution in [0.25, 0.3) is 11.5 Å². The van der Waals surface area contributed by atoms with E-state index in [0.29, 0.717) is 16.9 Å². The number of aromatic nitrogens is 2. The SMILES string of the molecule is Cc1occc1-c1nnc(SC(C(=O)N(C)C)c2ccccc2)o1. The molecule has 3 rings (SSSR count). The molecule has 0 radical (unpaired) electrons. The van der Waals surface area contributed by atoms with Crippen LogP contribution in [0.1, 0.15) is 16.6 Å². The van der Waals surface area contributed by atoms with E-state index in [1.165, 1.54) is 11.8 Å². The molecule has 0 aliphatic carbocycles. The molecule has 2 heterocycles. The van der Waals surface area contributed by atoms with Gasteiger partial charge in [0, 0.05) is 14.1 Å². The second kappa shape index (κ2) is 6.92. The Morgan fingerprint density at radius 2 is 1.92 bits per heavy atom. The summed E-state index contributed by atoms with van der Waals surface area (Å²) in [5.74, 6) is 1.05. The molecule has 0 saturated heterocycles. The average Bonchev–Trinajstić information content (AvgIpc) is 3.21. The van der Waals surface area contributed by atoms with Crippen LogP contribution in [0.3, 0.4) is 0 Å². The van der Waals surface area contributed by atoms with Gasteiger partial charge in [0.2, 0.25) is 5.91 Å². The zero-order valence-corrected chi connectivity index (χ0v) is 14.4. The molecule has 2 aromatic heterocycles. The molecule has 1 atom stereocenters. The van der Waals surface area contributed by atoms with Crippen molar-refractivity contribution in [1.82, 2.24) is 15.1 Å². The smallest absolute Gasteiger partial charge is 0.277 e. The van der Waals surface area contributed by atoms with Crippen molar-refractivity contribution in [3.05, 3.63) is 54.0 Å². The second-order valence-electron chi connectivity index (χ2n) is 5.40. The van der Waals surface area contributed by atoms with E-state index in [2.05, 4.69) is 10.2 Å². The fraction of sp³-hybridized carbons (Fsp3) is 0.235. The molecule has 0 aliphatic rings. The van der Waals surface area contributed by atoms with Crippen LogP contribution in [-0.4, -0.2) is 35.1 Å². The summed E-state index contributed by atoms with van der Waals surface area (Å²) in [6.07, 6.45) is 1.57. The van der Waals surface area contributed by atoms with Gasteiger partial charge in [0.05, 0.1) is 11.8 Å². The lowest BCUT2D eigenvalue weighted by Crippen LogP contribution is -2.26. The summed E-state index contributed by atoms with van der Waals surface area (Å²) >= 11 is 1.24. The Morgan fingerprint density at radius 1 is 1.17 bits per heavy atom. The minimum Gasteiger partial charge on any atom is -0.469 e. The highest BCUT2D eigenvalue weighted by Crippen LogP contribution is 2.37. The predicted octanol–water partition coefficient (Wildman–Crippen LogP) is 3.56. The highest BCUT2D eigenvalue weighted by Gasteiger charge is 2.26. The van der Waals surface area contributed by atoms with Gasteiger partial charge >= 0.3 is 0 Å². The van der Waals surface area contributed by atoms with E-state index in [1.54, 1.807) is 31.3 Å². The summed E-state index contributed by atoms with van der Waals surface area (Å²) in [6.45, 7) is 1.83. The van der Waals surface area contributed by atoms with Crippen LogP contribution < -0.4 is 0 Å². The first-order chi connectivity index (χ1) is 11.6. The first-order valence-electron chi connectivity index (χ1n) is 7.37. The van der Waals surface area contributed by atoms with Crippen molar-refractivity contribution in [3.63, 3.8) is 0 Å². The monoisotopic (exact) mass is 343 g/mol. The number of furan rings is 1. The summed E-state index contributed by atoms with van der Waals surface area (Å²) in [5, 5.41) is 8.00. The van der Waals surface area contributed by atoms with Crippen LogP contribution in [0.5, 0.6) is 0 Å². The van der Waals surface area contributed by atoms with E-state index in [1.807, 2.05) is 37.3 Å². The molecule has 0 saturated carbocycles. The van der Waals surface area contributed by atoms with Crippen molar-refractivity contribution in [2.24, 2.45) is 0 Å². The third-order valence-corrected chi connectivity index (χ3v) is 4.56. The average molecular weight is 343 g/mol. The van der Waals surface area contributed by atoms with Crippen molar-refractivity contribution < 1.29 is 13.6 Å². The Bertz CT molecular complexity index is 826. The molecule has 1 amide bonds. The fourth-order valence-electron chi connectivity index (χ4n) is 2.20. The zero-order chi connectivity index (χ0) is 17.1. The number of thioether (sulfide) groups is 1. The number of amides is 1. The lowest BCUT2D eigenvalue weighted by molar-refractivity contribution is -0.128. The molecule has 24 heavy (non-hydrogen) atoms. The largest absolute Gasteiger partial charge is 0.469 e. The number of likely N-dealkylation sites (N-methyl/N-ethyl adjacent to an activating group) is 1. The molecule has 0 aliphatic heterocycles. The lowest BCUT2D eigenvalue weighted by Gasteiger charge is -2.18. The van der Waals surface area contributed by atoms with Crippen molar-refractivity contribution in [3.8, 4) is 11.5 Å². The van der Waals surface area contributed by atoms with Crippen LogP contribution >= 0.6 is 11.8 Å². The maximum atomic E-state index is 12.5. The minimum atomic E-state index is -0.444. The zero-order valence-electron chi connectivity index (χ0n) is 13.6. The third-order valence-electron chi connectivity index (χ3n) is 3.48. The Balaban J connectivity index is 1.87. The van der Waals surface area contributed by atoms with Crippen LogP contribution in [0.15, 0.2) is 56.7 Å². The van der Waals surface area contributed by atoms with Crippen LogP contribution in [-0.2, 0) is 4.79 Å². The molecule has 0 spiro atoms. The third kappa shape index (κ3) is 3.35.